The van der Waals surface area contributed by atoms with Gasteiger partial charge in [0.15, 0.2) is 0 Å². The fourth-order valence-electron chi connectivity index (χ4n) is 2.48. The van der Waals surface area contributed by atoms with Crippen LogP contribution in [0.5, 0.6) is 0 Å². The zero-order chi connectivity index (χ0) is 19.5. The summed E-state index contributed by atoms with van der Waals surface area (Å²) in [6.45, 7) is 3.99. The molecule has 2 aromatic rings. The molecule has 0 aliphatic heterocycles. The highest BCUT2D eigenvalue weighted by molar-refractivity contribution is 7.92. The van der Waals surface area contributed by atoms with E-state index in [1.807, 2.05) is 31.2 Å². The standard InChI is InChI=1S/C19H23ClN2O3S/c1-5-14-6-8-15(9-7-14)13(2)21-19(23)17-11-10-16(12-18(17)20)22(3)26(4,24)25/h6-13H,5H2,1-4H3,(H,21,23)/t13-/m0/s1. The number of halogens is 1. The molecule has 0 bridgehead atoms. The third-order valence-corrected chi connectivity index (χ3v) is 5.81. The lowest BCUT2D eigenvalue weighted by Gasteiger charge is -2.18. The zero-order valence-corrected chi connectivity index (χ0v) is 16.9. The fraction of sp³-hybridized carbons (Fsp3) is 0.316. The Morgan fingerprint density at radius 3 is 2.31 bits per heavy atom. The average molecular weight is 395 g/mol. The number of aryl methyl sites for hydroxylation is 1. The molecule has 1 N–H and O–H groups in total. The van der Waals surface area contributed by atoms with Gasteiger partial charge in [0.2, 0.25) is 10.0 Å². The molecule has 0 spiro atoms. The molecule has 0 aliphatic carbocycles. The fourth-order valence-corrected chi connectivity index (χ4v) is 3.23. The lowest BCUT2D eigenvalue weighted by Crippen LogP contribution is -2.27. The van der Waals surface area contributed by atoms with Crippen LogP contribution in [0.25, 0.3) is 0 Å². The van der Waals surface area contributed by atoms with E-state index in [0.29, 0.717) is 11.3 Å². The molecule has 2 rings (SSSR count). The first-order valence-electron chi connectivity index (χ1n) is 8.26. The van der Waals surface area contributed by atoms with Crippen LogP contribution >= 0.6 is 11.6 Å². The molecule has 0 unspecified atom stereocenters. The number of hydrogen-bond acceptors (Lipinski definition) is 3. The van der Waals surface area contributed by atoms with Crippen molar-refractivity contribution in [3.63, 3.8) is 0 Å². The molecule has 0 saturated heterocycles. The van der Waals surface area contributed by atoms with E-state index in [-0.39, 0.29) is 17.0 Å². The second-order valence-corrected chi connectivity index (χ2v) is 8.61. The summed E-state index contributed by atoms with van der Waals surface area (Å²) in [6, 6.07) is 12.5. The molecule has 0 aliphatic rings. The van der Waals surface area contributed by atoms with Gasteiger partial charge in [-0.15, -0.1) is 0 Å². The number of hydrogen-bond donors (Lipinski definition) is 1. The highest BCUT2D eigenvalue weighted by Gasteiger charge is 2.17. The van der Waals surface area contributed by atoms with Crippen LogP contribution in [0, 0.1) is 0 Å². The molecular formula is C19H23ClN2O3S. The normalized spacial score (nSPS) is 12.5. The van der Waals surface area contributed by atoms with Crippen LogP contribution in [-0.2, 0) is 16.4 Å². The van der Waals surface area contributed by atoms with Gasteiger partial charge in [-0.1, -0.05) is 42.8 Å². The SMILES string of the molecule is CCc1ccc([C@H](C)NC(=O)c2ccc(N(C)S(C)(=O)=O)cc2Cl)cc1. The van der Waals surface area contributed by atoms with Gasteiger partial charge in [-0.05, 0) is 42.7 Å². The molecular weight excluding hydrogens is 372 g/mol. The van der Waals surface area contributed by atoms with Crippen molar-refractivity contribution in [2.24, 2.45) is 0 Å². The Morgan fingerprint density at radius 1 is 1.19 bits per heavy atom. The van der Waals surface area contributed by atoms with E-state index in [9.17, 15) is 13.2 Å². The Kier molecular flexibility index (Phi) is 6.31. The molecule has 0 fully saturated rings. The van der Waals surface area contributed by atoms with Crippen molar-refractivity contribution in [2.45, 2.75) is 26.3 Å². The van der Waals surface area contributed by atoms with Gasteiger partial charge in [-0.3, -0.25) is 9.10 Å². The maximum atomic E-state index is 12.5. The highest BCUT2D eigenvalue weighted by atomic mass is 35.5. The van der Waals surface area contributed by atoms with Gasteiger partial charge in [-0.25, -0.2) is 8.42 Å². The number of benzene rings is 2. The summed E-state index contributed by atoms with van der Waals surface area (Å²) in [5.41, 5.74) is 2.94. The van der Waals surface area contributed by atoms with Gasteiger partial charge in [0.05, 0.1) is 28.6 Å². The molecule has 5 nitrogen and oxygen atoms in total. The van der Waals surface area contributed by atoms with E-state index in [1.165, 1.54) is 24.7 Å². The van der Waals surface area contributed by atoms with E-state index in [1.54, 1.807) is 6.07 Å². The zero-order valence-electron chi connectivity index (χ0n) is 15.3. The first kappa shape index (κ1) is 20.3. The van der Waals surface area contributed by atoms with Crippen molar-refractivity contribution in [2.75, 3.05) is 17.6 Å². The maximum absolute atomic E-state index is 12.5. The number of carbonyl (C=O) groups is 1. The second kappa shape index (κ2) is 8.10. The number of sulfonamides is 1. The Hall–Kier alpha value is -2.05. The van der Waals surface area contributed by atoms with Gasteiger partial charge in [0.1, 0.15) is 0 Å². The smallest absolute Gasteiger partial charge is 0.253 e. The Labute approximate surface area is 160 Å². The molecule has 1 atom stereocenters. The minimum atomic E-state index is -3.39. The topological polar surface area (TPSA) is 66.5 Å². The van der Waals surface area contributed by atoms with Gasteiger partial charge in [-0.2, -0.15) is 0 Å². The predicted octanol–water partition coefficient (Wildman–Crippen LogP) is 3.79. The number of carbonyl (C=O) groups excluding carboxylic acids is 1. The summed E-state index contributed by atoms with van der Waals surface area (Å²) in [7, 11) is -1.96. The first-order valence-corrected chi connectivity index (χ1v) is 10.5. The monoisotopic (exact) mass is 394 g/mol. The molecule has 1 amide bonds. The van der Waals surface area contributed by atoms with Crippen LogP contribution in [0.3, 0.4) is 0 Å². The van der Waals surface area contributed by atoms with Gasteiger partial charge in [0.25, 0.3) is 5.91 Å². The largest absolute Gasteiger partial charge is 0.345 e. The van der Waals surface area contributed by atoms with Crippen molar-refractivity contribution in [3.05, 3.63) is 64.2 Å². The molecule has 0 heterocycles. The van der Waals surface area contributed by atoms with Crippen molar-refractivity contribution < 1.29 is 13.2 Å². The Balaban J connectivity index is 2.16. The molecule has 7 heteroatoms. The lowest BCUT2D eigenvalue weighted by molar-refractivity contribution is 0.0940. The van der Waals surface area contributed by atoms with E-state index in [2.05, 4.69) is 12.2 Å². The number of nitrogens with zero attached hydrogens (tertiary/aromatic N) is 1. The second-order valence-electron chi connectivity index (χ2n) is 6.18. The molecule has 2 aromatic carbocycles. The Bertz CT molecular complexity index is 896. The number of anilines is 1. The van der Waals surface area contributed by atoms with Gasteiger partial charge >= 0.3 is 0 Å². The number of amides is 1. The van der Waals surface area contributed by atoms with Gasteiger partial charge < -0.3 is 5.32 Å². The van der Waals surface area contributed by atoms with E-state index < -0.39 is 10.0 Å². The van der Waals surface area contributed by atoms with Crippen LogP contribution in [0.2, 0.25) is 5.02 Å². The quantitative estimate of drug-likeness (QED) is 0.810. The average Bonchev–Trinajstić information content (AvgIpc) is 2.60. The van der Waals surface area contributed by atoms with Crippen molar-refractivity contribution in [3.8, 4) is 0 Å². The van der Waals surface area contributed by atoms with Crippen LogP contribution in [0.1, 0.15) is 41.4 Å². The summed E-state index contributed by atoms with van der Waals surface area (Å²) in [5.74, 6) is -0.310. The van der Waals surface area contributed by atoms with E-state index in [0.717, 1.165) is 22.5 Å². The predicted molar refractivity (Wildman–Crippen MR) is 106 cm³/mol. The summed E-state index contributed by atoms with van der Waals surface area (Å²) in [6.07, 6.45) is 2.07. The minimum Gasteiger partial charge on any atom is -0.345 e. The van der Waals surface area contributed by atoms with E-state index in [4.69, 9.17) is 11.6 Å². The summed E-state index contributed by atoms with van der Waals surface area (Å²) < 4.78 is 24.3. The third-order valence-electron chi connectivity index (χ3n) is 4.29. The summed E-state index contributed by atoms with van der Waals surface area (Å²) in [5, 5.41) is 3.11. The first-order chi connectivity index (χ1) is 12.1. The molecule has 140 valence electrons. The maximum Gasteiger partial charge on any atom is 0.253 e. The molecule has 0 aromatic heterocycles. The summed E-state index contributed by atoms with van der Waals surface area (Å²) >= 11 is 6.21. The van der Waals surface area contributed by atoms with Crippen LogP contribution < -0.4 is 9.62 Å². The highest BCUT2D eigenvalue weighted by Crippen LogP contribution is 2.25. The molecule has 26 heavy (non-hydrogen) atoms. The van der Waals surface area contributed by atoms with Crippen molar-refractivity contribution in [1.29, 1.82) is 0 Å². The molecule has 0 saturated carbocycles. The lowest BCUT2D eigenvalue weighted by atomic mass is 10.0. The van der Waals surface area contributed by atoms with Gasteiger partial charge in [0, 0.05) is 7.05 Å². The minimum absolute atomic E-state index is 0.178. The van der Waals surface area contributed by atoms with Crippen molar-refractivity contribution >= 4 is 33.2 Å². The van der Waals surface area contributed by atoms with Crippen LogP contribution in [0.4, 0.5) is 5.69 Å². The van der Waals surface area contributed by atoms with Crippen LogP contribution in [-0.4, -0.2) is 27.6 Å². The van der Waals surface area contributed by atoms with Crippen molar-refractivity contribution in [1.82, 2.24) is 5.32 Å². The van der Waals surface area contributed by atoms with E-state index >= 15 is 0 Å². The number of nitrogens with one attached hydrogen (secondary N) is 1. The Morgan fingerprint density at radius 2 is 1.81 bits per heavy atom. The summed E-state index contributed by atoms with van der Waals surface area (Å²) in [4.78, 5) is 12.5. The number of rotatable bonds is 6. The molecule has 0 radical (unpaired) electrons. The van der Waals surface area contributed by atoms with Crippen LogP contribution in [0.15, 0.2) is 42.5 Å². The third kappa shape index (κ3) is 4.77.